The van der Waals surface area contributed by atoms with Crippen molar-refractivity contribution in [3.05, 3.63) is 65.2 Å². The van der Waals surface area contributed by atoms with Gasteiger partial charge in [-0.1, -0.05) is 41.9 Å². The molecule has 106 valence electrons. The van der Waals surface area contributed by atoms with Crippen LogP contribution in [-0.4, -0.2) is 19.7 Å². The largest absolute Gasteiger partial charge is 0.323 e. The molecule has 3 rings (SSSR count). The lowest BCUT2D eigenvalue weighted by Crippen LogP contribution is -2.02. The van der Waals surface area contributed by atoms with Crippen molar-refractivity contribution in [1.82, 2.24) is 19.7 Å². The molecule has 0 spiro atoms. The molecule has 1 N–H and O–H groups in total. The summed E-state index contributed by atoms with van der Waals surface area (Å²) in [6, 6.07) is 13.7. The molecule has 0 radical (unpaired) electrons. The smallest absolute Gasteiger partial charge is 0.153 e. The van der Waals surface area contributed by atoms with Crippen molar-refractivity contribution in [1.29, 1.82) is 0 Å². The van der Waals surface area contributed by atoms with Gasteiger partial charge in [-0.05, 0) is 12.5 Å². The van der Waals surface area contributed by atoms with E-state index in [-0.39, 0.29) is 0 Å². The van der Waals surface area contributed by atoms with E-state index in [1.165, 1.54) is 5.56 Å². The number of halogens is 1. The van der Waals surface area contributed by atoms with Crippen molar-refractivity contribution < 1.29 is 0 Å². The lowest BCUT2D eigenvalue weighted by Gasteiger charge is -2.04. The Labute approximate surface area is 127 Å². The molecule has 5 nitrogen and oxygen atoms in total. The van der Waals surface area contributed by atoms with Crippen molar-refractivity contribution in [2.75, 3.05) is 5.32 Å². The van der Waals surface area contributed by atoms with Gasteiger partial charge < -0.3 is 5.32 Å². The minimum absolute atomic E-state index is 0.411. The Balaban J connectivity index is 1.73. The van der Waals surface area contributed by atoms with Gasteiger partial charge in [0.25, 0.3) is 0 Å². The minimum Gasteiger partial charge on any atom is -0.323 e. The highest BCUT2D eigenvalue weighted by Crippen LogP contribution is 2.16. The Hall–Kier alpha value is -2.40. The zero-order valence-electron chi connectivity index (χ0n) is 11.5. The van der Waals surface area contributed by atoms with Gasteiger partial charge in [-0.3, -0.25) is 4.68 Å². The Bertz CT molecular complexity index is 719. The van der Waals surface area contributed by atoms with Crippen LogP contribution in [0.15, 0.2) is 48.7 Å². The predicted octanol–water partition coefficient (Wildman–Crippen LogP) is 3.43. The number of hydrogen-bond donors (Lipinski definition) is 1. The van der Waals surface area contributed by atoms with Gasteiger partial charge in [0, 0.05) is 18.3 Å². The lowest BCUT2D eigenvalue weighted by atomic mass is 10.2. The third-order valence-corrected chi connectivity index (χ3v) is 3.08. The number of benzene rings is 1. The summed E-state index contributed by atoms with van der Waals surface area (Å²) in [4.78, 5) is 8.29. The molecule has 0 aliphatic heterocycles. The lowest BCUT2D eigenvalue weighted by molar-refractivity contribution is 0.689. The first-order valence-corrected chi connectivity index (χ1v) is 6.92. The van der Waals surface area contributed by atoms with Crippen molar-refractivity contribution >= 4 is 23.2 Å². The van der Waals surface area contributed by atoms with Crippen molar-refractivity contribution in [2.45, 2.75) is 13.5 Å². The highest BCUT2D eigenvalue weighted by atomic mass is 35.5. The summed E-state index contributed by atoms with van der Waals surface area (Å²) in [5, 5.41) is 8.00. The fraction of sp³-hybridized carbons (Fsp3) is 0.133. The fourth-order valence-corrected chi connectivity index (χ4v) is 2.24. The van der Waals surface area contributed by atoms with E-state index in [1.807, 2.05) is 35.1 Å². The molecule has 0 aliphatic carbocycles. The molecule has 0 aliphatic rings. The average molecular weight is 300 g/mol. The van der Waals surface area contributed by atoms with Crippen molar-refractivity contribution in [3.63, 3.8) is 0 Å². The first-order chi connectivity index (χ1) is 10.2. The van der Waals surface area contributed by atoms with Crippen LogP contribution in [-0.2, 0) is 6.54 Å². The van der Waals surface area contributed by atoms with Crippen LogP contribution in [0.3, 0.4) is 0 Å². The van der Waals surface area contributed by atoms with Gasteiger partial charge in [-0.2, -0.15) is 5.10 Å². The third-order valence-electron chi connectivity index (χ3n) is 2.89. The first kappa shape index (κ1) is 13.6. The van der Waals surface area contributed by atoms with Crippen molar-refractivity contribution in [2.24, 2.45) is 0 Å². The maximum absolute atomic E-state index is 5.91. The van der Waals surface area contributed by atoms with E-state index in [4.69, 9.17) is 11.6 Å². The Morgan fingerprint density at radius 2 is 1.90 bits per heavy atom. The second kappa shape index (κ2) is 5.93. The van der Waals surface area contributed by atoms with Crippen LogP contribution < -0.4 is 5.32 Å². The summed E-state index contributed by atoms with van der Waals surface area (Å²) in [6.45, 7) is 2.52. The number of rotatable bonds is 4. The summed E-state index contributed by atoms with van der Waals surface area (Å²) in [7, 11) is 0. The maximum Gasteiger partial charge on any atom is 0.153 e. The van der Waals surface area contributed by atoms with E-state index in [0.717, 1.165) is 12.4 Å². The number of nitrogens with one attached hydrogen (secondary N) is 1. The Kier molecular flexibility index (Phi) is 3.83. The zero-order valence-corrected chi connectivity index (χ0v) is 12.2. The topological polar surface area (TPSA) is 55.6 Å². The summed E-state index contributed by atoms with van der Waals surface area (Å²) in [5.41, 5.74) is 1.20. The number of hydrogen-bond acceptors (Lipinski definition) is 4. The van der Waals surface area contributed by atoms with E-state index in [9.17, 15) is 0 Å². The molecular formula is C15H14ClN5. The third kappa shape index (κ3) is 3.58. The van der Waals surface area contributed by atoms with Gasteiger partial charge in [0.15, 0.2) is 5.82 Å². The van der Waals surface area contributed by atoms with Gasteiger partial charge in [0.05, 0.1) is 6.54 Å². The molecule has 0 saturated carbocycles. The number of aromatic nitrogens is 4. The summed E-state index contributed by atoms with van der Waals surface area (Å²) < 4.78 is 1.87. The zero-order chi connectivity index (χ0) is 14.7. The predicted molar refractivity (Wildman–Crippen MR) is 82.8 cm³/mol. The Morgan fingerprint density at radius 3 is 2.67 bits per heavy atom. The normalized spacial score (nSPS) is 10.6. The molecule has 0 bridgehead atoms. The SMILES string of the molecule is Cc1nc(Cl)cc(Nc2ccn(Cc3ccccc3)n2)n1. The van der Waals surface area contributed by atoms with Crippen LogP contribution in [0.25, 0.3) is 0 Å². The second-order valence-corrected chi connectivity index (χ2v) is 5.02. The van der Waals surface area contributed by atoms with Crippen LogP contribution in [0.1, 0.15) is 11.4 Å². The number of nitrogens with zero attached hydrogens (tertiary/aromatic N) is 4. The summed E-state index contributed by atoms with van der Waals surface area (Å²) in [5.74, 6) is 1.98. The second-order valence-electron chi connectivity index (χ2n) is 4.63. The van der Waals surface area contributed by atoms with E-state index < -0.39 is 0 Å². The Morgan fingerprint density at radius 1 is 1.10 bits per heavy atom. The molecule has 21 heavy (non-hydrogen) atoms. The standard InChI is InChI=1S/C15H14ClN5/c1-11-17-13(16)9-15(18-11)19-14-7-8-21(20-14)10-12-5-3-2-4-6-12/h2-9H,10H2,1H3,(H,17,18,19,20). The monoisotopic (exact) mass is 299 g/mol. The molecule has 6 heteroatoms. The molecule has 0 amide bonds. The minimum atomic E-state index is 0.411. The molecule has 1 aromatic carbocycles. The van der Waals surface area contributed by atoms with Crippen LogP contribution in [0.5, 0.6) is 0 Å². The van der Waals surface area contributed by atoms with Gasteiger partial charge in [0.1, 0.15) is 16.8 Å². The maximum atomic E-state index is 5.91. The van der Waals surface area contributed by atoms with Crippen LogP contribution in [0.4, 0.5) is 11.6 Å². The molecule has 2 aromatic heterocycles. The average Bonchev–Trinajstić information content (AvgIpc) is 2.86. The highest BCUT2D eigenvalue weighted by molar-refractivity contribution is 6.29. The molecule has 0 atom stereocenters. The van der Waals surface area contributed by atoms with Crippen LogP contribution in [0.2, 0.25) is 5.15 Å². The fourth-order valence-electron chi connectivity index (χ4n) is 2.01. The van der Waals surface area contributed by atoms with Gasteiger partial charge in [-0.15, -0.1) is 0 Å². The van der Waals surface area contributed by atoms with Gasteiger partial charge in [0.2, 0.25) is 0 Å². The molecule has 0 fully saturated rings. The molecule has 2 heterocycles. The molecular weight excluding hydrogens is 286 g/mol. The summed E-state index contributed by atoms with van der Waals surface area (Å²) in [6.07, 6.45) is 1.92. The number of anilines is 2. The van der Waals surface area contributed by atoms with Gasteiger partial charge in [-0.25, -0.2) is 9.97 Å². The van der Waals surface area contributed by atoms with Crippen LogP contribution >= 0.6 is 11.6 Å². The van der Waals surface area contributed by atoms with E-state index >= 15 is 0 Å². The quantitative estimate of drug-likeness (QED) is 0.750. The molecule has 0 saturated heterocycles. The molecule has 3 aromatic rings. The van der Waals surface area contributed by atoms with Gasteiger partial charge >= 0.3 is 0 Å². The number of aryl methyl sites for hydroxylation is 1. The van der Waals surface area contributed by atoms with E-state index in [0.29, 0.717) is 16.8 Å². The van der Waals surface area contributed by atoms with Crippen molar-refractivity contribution in [3.8, 4) is 0 Å². The van der Waals surface area contributed by atoms with E-state index in [2.05, 4.69) is 32.5 Å². The molecule has 0 unspecified atom stereocenters. The summed E-state index contributed by atoms with van der Waals surface area (Å²) >= 11 is 5.91. The highest BCUT2D eigenvalue weighted by Gasteiger charge is 2.04. The van der Waals surface area contributed by atoms with Crippen LogP contribution in [0, 0.1) is 6.92 Å². The van der Waals surface area contributed by atoms with E-state index in [1.54, 1.807) is 13.0 Å². The first-order valence-electron chi connectivity index (χ1n) is 6.55.